The number of pyridine rings is 1. The number of hydrogen-bond acceptors (Lipinski definition) is 7. The average Bonchev–Trinajstić information content (AvgIpc) is 3.41. The molecule has 0 aliphatic carbocycles. The van der Waals surface area contributed by atoms with Gasteiger partial charge in [0.1, 0.15) is 5.52 Å². The molecule has 1 atom stereocenters. The summed E-state index contributed by atoms with van der Waals surface area (Å²) in [5.74, 6) is 0.648. The maximum atomic E-state index is 12.9. The van der Waals surface area contributed by atoms with Crippen molar-refractivity contribution in [1.82, 2.24) is 34.0 Å². The average molecular weight is 460 g/mol. The van der Waals surface area contributed by atoms with Crippen LogP contribution in [0.3, 0.4) is 0 Å². The Labute approximate surface area is 194 Å². The number of fused-ring (bicyclic) bond motifs is 2. The highest BCUT2D eigenvalue weighted by Crippen LogP contribution is 2.26. The lowest BCUT2D eigenvalue weighted by Crippen LogP contribution is -2.43. The number of hydrogen-bond donors (Lipinski definition) is 1. The van der Waals surface area contributed by atoms with Gasteiger partial charge in [-0.05, 0) is 30.9 Å². The zero-order valence-electron chi connectivity index (χ0n) is 18.9. The number of nitriles is 1. The molecule has 0 aromatic carbocycles. The van der Waals surface area contributed by atoms with Crippen LogP contribution in [-0.4, -0.2) is 59.8 Å². The molecule has 1 amide bonds. The molecule has 1 aliphatic rings. The highest BCUT2D eigenvalue weighted by atomic mass is 16.6. The third-order valence-corrected chi connectivity index (χ3v) is 5.91. The molecule has 11 heteroatoms. The standard InChI is InChI=1S/C23H24N8O3/c1-14(2)13-34-23(33)29-6-3-4-16(12-29)31-21-18(27-22(31)32)11-25-20(28-21)17-10-26-30-7-5-15(9-24)8-19(17)30/h5,7-8,10-11,14,16H,3-4,6,12-13H2,1-2H3,(H,27,32). The van der Waals surface area contributed by atoms with Crippen molar-refractivity contribution >= 4 is 22.8 Å². The van der Waals surface area contributed by atoms with E-state index in [4.69, 9.17) is 9.72 Å². The first-order valence-corrected chi connectivity index (χ1v) is 11.2. The molecule has 5 rings (SSSR count). The quantitative estimate of drug-likeness (QED) is 0.495. The van der Waals surface area contributed by atoms with Crippen LogP contribution in [0.1, 0.15) is 38.3 Å². The summed E-state index contributed by atoms with van der Waals surface area (Å²) in [5.41, 5.74) is 2.54. The molecule has 5 heterocycles. The van der Waals surface area contributed by atoms with Crippen molar-refractivity contribution in [2.45, 2.75) is 32.7 Å². The topological polar surface area (TPSA) is 134 Å². The van der Waals surface area contributed by atoms with Crippen molar-refractivity contribution in [1.29, 1.82) is 5.26 Å². The number of H-pyrrole nitrogens is 1. The van der Waals surface area contributed by atoms with Crippen LogP contribution in [0.4, 0.5) is 4.79 Å². The summed E-state index contributed by atoms with van der Waals surface area (Å²) in [6.07, 6.45) is 6.05. The van der Waals surface area contributed by atoms with Crippen molar-refractivity contribution in [2.24, 2.45) is 5.92 Å². The SMILES string of the molecule is CC(C)COC(=O)N1CCCC(n2c(=O)[nH]c3cnc(-c4cnn5ccc(C#N)cc45)nc32)C1. The molecule has 0 bridgehead atoms. The molecular weight excluding hydrogens is 436 g/mol. The van der Waals surface area contributed by atoms with Gasteiger partial charge in [0.15, 0.2) is 11.5 Å². The van der Waals surface area contributed by atoms with Gasteiger partial charge in [-0.3, -0.25) is 4.57 Å². The van der Waals surface area contributed by atoms with Gasteiger partial charge >= 0.3 is 11.8 Å². The minimum Gasteiger partial charge on any atom is -0.449 e. The minimum atomic E-state index is -0.360. The minimum absolute atomic E-state index is 0.238. The Kier molecular flexibility index (Phi) is 5.49. The molecule has 1 aliphatic heterocycles. The van der Waals surface area contributed by atoms with E-state index in [2.05, 4.69) is 21.1 Å². The molecule has 0 saturated carbocycles. The number of imidazole rings is 1. The Balaban J connectivity index is 1.50. The summed E-state index contributed by atoms with van der Waals surface area (Å²) < 4.78 is 8.64. The van der Waals surface area contributed by atoms with Crippen molar-refractivity contribution in [3.8, 4) is 17.5 Å². The number of nitrogens with one attached hydrogen (secondary N) is 1. The van der Waals surface area contributed by atoms with E-state index < -0.39 is 0 Å². The first-order valence-electron chi connectivity index (χ1n) is 11.2. The summed E-state index contributed by atoms with van der Waals surface area (Å²) >= 11 is 0. The molecule has 174 valence electrons. The smallest absolute Gasteiger partial charge is 0.409 e. The van der Waals surface area contributed by atoms with Crippen LogP contribution >= 0.6 is 0 Å². The maximum Gasteiger partial charge on any atom is 0.409 e. The van der Waals surface area contributed by atoms with Gasteiger partial charge in [-0.2, -0.15) is 10.4 Å². The molecule has 1 unspecified atom stereocenters. The fourth-order valence-electron chi connectivity index (χ4n) is 4.27. The Morgan fingerprint density at radius 2 is 2.24 bits per heavy atom. The fourth-order valence-corrected chi connectivity index (χ4v) is 4.27. The van der Waals surface area contributed by atoms with Crippen LogP contribution in [0.15, 0.2) is 35.5 Å². The van der Waals surface area contributed by atoms with Gasteiger partial charge in [0.2, 0.25) is 0 Å². The lowest BCUT2D eigenvalue weighted by atomic mass is 10.1. The number of rotatable bonds is 4. The number of piperidine rings is 1. The van der Waals surface area contributed by atoms with Crippen LogP contribution < -0.4 is 5.69 Å². The van der Waals surface area contributed by atoms with Gasteiger partial charge in [0, 0.05) is 19.3 Å². The van der Waals surface area contributed by atoms with E-state index in [1.807, 2.05) is 13.8 Å². The van der Waals surface area contributed by atoms with E-state index in [0.29, 0.717) is 53.3 Å². The van der Waals surface area contributed by atoms with Gasteiger partial charge in [0.05, 0.1) is 47.8 Å². The van der Waals surface area contributed by atoms with E-state index >= 15 is 0 Å². The van der Waals surface area contributed by atoms with E-state index in [0.717, 1.165) is 12.8 Å². The summed E-state index contributed by atoms with van der Waals surface area (Å²) in [6.45, 7) is 5.29. The zero-order chi connectivity index (χ0) is 23.8. The number of carbonyl (C=O) groups is 1. The predicted molar refractivity (Wildman–Crippen MR) is 123 cm³/mol. The summed E-state index contributed by atoms with van der Waals surface area (Å²) in [6, 6.07) is 5.29. The number of amides is 1. The molecule has 1 N–H and O–H groups in total. The monoisotopic (exact) mass is 460 g/mol. The van der Waals surface area contributed by atoms with Gasteiger partial charge in [-0.1, -0.05) is 13.8 Å². The molecular formula is C23H24N8O3. The molecule has 4 aromatic heterocycles. The van der Waals surface area contributed by atoms with E-state index in [1.165, 1.54) is 0 Å². The van der Waals surface area contributed by atoms with Gasteiger partial charge < -0.3 is 14.6 Å². The van der Waals surface area contributed by atoms with Crippen molar-refractivity contribution in [3.63, 3.8) is 0 Å². The number of nitrogens with zero attached hydrogens (tertiary/aromatic N) is 7. The Morgan fingerprint density at radius 3 is 3.03 bits per heavy atom. The van der Waals surface area contributed by atoms with Gasteiger partial charge in [0.25, 0.3) is 0 Å². The first-order chi connectivity index (χ1) is 16.4. The second-order valence-corrected chi connectivity index (χ2v) is 8.86. The van der Waals surface area contributed by atoms with Crippen molar-refractivity contribution in [3.05, 3.63) is 46.8 Å². The Hall–Kier alpha value is -4.20. The second-order valence-electron chi connectivity index (χ2n) is 8.86. The van der Waals surface area contributed by atoms with Crippen LogP contribution in [0.2, 0.25) is 0 Å². The van der Waals surface area contributed by atoms with E-state index in [1.54, 1.807) is 44.7 Å². The van der Waals surface area contributed by atoms with Crippen molar-refractivity contribution < 1.29 is 9.53 Å². The van der Waals surface area contributed by atoms with Crippen LogP contribution in [0, 0.1) is 17.2 Å². The predicted octanol–water partition coefficient (Wildman–Crippen LogP) is 2.74. The van der Waals surface area contributed by atoms with Crippen molar-refractivity contribution in [2.75, 3.05) is 19.7 Å². The lowest BCUT2D eigenvalue weighted by molar-refractivity contribution is 0.0770. The van der Waals surface area contributed by atoms with Gasteiger partial charge in [-0.15, -0.1) is 0 Å². The molecule has 4 aromatic rings. The summed E-state index contributed by atoms with van der Waals surface area (Å²) in [7, 11) is 0. The molecule has 34 heavy (non-hydrogen) atoms. The Bertz CT molecular complexity index is 1480. The molecule has 1 fully saturated rings. The Morgan fingerprint density at radius 1 is 1.38 bits per heavy atom. The normalized spacial score (nSPS) is 16.3. The third kappa shape index (κ3) is 3.87. The maximum absolute atomic E-state index is 12.9. The first kappa shape index (κ1) is 21.6. The number of aromatic amines is 1. The molecule has 0 radical (unpaired) electrons. The lowest BCUT2D eigenvalue weighted by Gasteiger charge is -2.32. The highest BCUT2D eigenvalue weighted by molar-refractivity contribution is 5.80. The number of likely N-dealkylation sites (tertiary alicyclic amines) is 1. The summed E-state index contributed by atoms with van der Waals surface area (Å²) in [4.78, 5) is 39.0. The van der Waals surface area contributed by atoms with E-state index in [-0.39, 0.29) is 23.7 Å². The zero-order valence-corrected chi connectivity index (χ0v) is 18.9. The third-order valence-electron chi connectivity index (χ3n) is 5.91. The molecule has 0 spiro atoms. The highest BCUT2D eigenvalue weighted by Gasteiger charge is 2.29. The summed E-state index contributed by atoms with van der Waals surface area (Å²) in [5, 5.41) is 13.6. The molecule has 1 saturated heterocycles. The fraction of sp³-hybridized carbons (Fsp3) is 0.391. The largest absolute Gasteiger partial charge is 0.449 e. The molecule has 11 nitrogen and oxygen atoms in total. The number of carbonyl (C=O) groups excluding carboxylic acids is 1. The number of aromatic nitrogens is 6. The van der Waals surface area contributed by atoms with Crippen LogP contribution in [0.5, 0.6) is 0 Å². The van der Waals surface area contributed by atoms with E-state index in [9.17, 15) is 14.9 Å². The number of ether oxygens (including phenoxy) is 1. The van der Waals surface area contributed by atoms with Crippen LogP contribution in [-0.2, 0) is 4.74 Å². The second kappa shape index (κ2) is 8.62. The van der Waals surface area contributed by atoms with Crippen LogP contribution in [0.25, 0.3) is 28.1 Å². The van der Waals surface area contributed by atoms with Gasteiger partial charge in [-0.25, -0.2) is 24.1 Å².